The van der Waals surface area contributed by atoms with Crippen molar-refractivity contribution in [3.8, 4) is 10.8 Å². The number of furan rings is 1. The third kappa shape index (κ3) is 4.67. The third-order valence-corrected chi connectivity index (χ3v) is 5.77. The topological polar surface area (TPSA) is 59.2 Å². The Hall–Kier alpha value is -2.67. The van der Waals surface area contributed by atoms with E-state index in [1.165, 1.54) is 11.3 Å². The fourth-order valence-corrected chi connectivity index (χ4v) is 3.87. The maximum absolute atomic E-state index is 13.2. The summed E-state index contributed by atoms with van der Waals surface area (Å²) in [6.07, 6.45) is 3.28. The molecular formula is C21H15Cl2N3O2S. The minimum Gasteiger partial charge on any atom is -0.462 e. The average molecular weight is 444 g/mol. The number of pyridine rings is 1. The molecule has 0 saturated carbocycles. The van der Waals surface area contributed by atoms with E-state index in [1.807, 2.05) is 30.3 Å². The Balaban J connectivity index is 1.61. The molecule has 1 aromatic carbocycles. The normalized spacial score (nSPS) is 10.8. The highest BCUT2D eigenvalue weighted by molar-refractivity contribution is 7.13. The standard InChI is InChI=1S/C21H15Cl2N3O2S/c22-16-7-6-14(10-17(16)23)11-26(12-15-4-1-2-8-24-15)21(27)18-13-29-20(25-18)19-5-3-9-28-19/h1-10,13H,11-12H2. The molecule has 146 valence electrons. The molecule has 0 atom stereocenters. The van der Waals surface area contributed by atoms with Gasteiger partial charge in [0.1, 0.15) is 5.69 Å². The van der Waals surface area contributed by atoms with Crippen LogP contribution in [0.2, 0.25) is 10.0 Å². The van der Waals surface area contributed by atoms with Crippen molar-refractivity contribution in [2.75, 3.05) is 0 Å². The van der Waals surface area contributed by atoms with Crippen molar-refractivity contribution in [2.45, 2.75) is 13.1 Å². The first-order chi connectivity index (χ1) is 14.1. The van der Waals surface area contributed by atoms with Gasteiger partial charge in [-0.05, 0) is 42.0 Å². The number of rotatable bonds is 6. The van der Waals surface area contributed by atoms with Crippen LogP contribution in [0.1, 0.15) is 21.7 Å². The molecule has 0 bridgehead atoms. The molecule has 0 aliphatic carbocycles. The number of thiazole rings is 1. The minimum absolute atomic E-state index is 0.198. The molecule has 8 heteroatoms. The van der Waals surface area contributed by atoms with Crippen molar-refractivity contribution in [3.63, 3.8) is 0 Å². The zero-order valence-corrected chi connectivity index (χ0v) is 17.4. The summed E-state index contributed by atoms with van der Waals surface area (Å²) in [7, 11) is 0. The van der Waals surface area contributed by atoms with Gasteiger partial charge in [0, 0.05) is 18.1 Å². The van der Waals surface area contributed by atoms with E-state index in [4.69, 9.17) is 27.6 Å². The Bertz CT molecular complexity index is 1110. The van der Waals surface area contributed by atoms with Crippen molar-refractivity contribution in [1.82, 2.24) is 14.9 Å². The van der Waals surface area contributed by atoms with Crippen molar-refractivity contribution in [1.29, 1.82) is 0 Å². The van der Waals surface area contributed by atoms with Gasteiger partial charge in [0.25, 0.3) is 5.91 Å². The second kappa shape index (κ2) is 8.78. The van der Waals surface area contributed by atoms with Gasteiger partial charge in [-0.2, -0.15) is 0 Å². The average Bonchev–Trinajstić information content (AvgIpc) is 3.42. The van der Waals surface area contributed by atoms with Gasteiger partial charge >= 0.3 is 0 Å². The molecule has 0 N–H and O–H groups in total. The first-order valence-corrected chi connectivity index (χ1v) is 10.4. The molecule has 0 fully saturated rings. The number of nitrogens with zero attached hydrogens (tertiary/aromatic N) is 3. The Labute approximate surface area is 181 Å². The highest BCUT2D eigenvalue weighted by atomic mass is 35.5. The largest absolute Gasteiger partial charge is 0.462 e. The summed E-state index contributed by atoms with van der Waals surface area (Å²) < 4.78 is 5.37. The molecule has 0 saturated heterocycles. The van der Waals surface area contributed by atoms with Crippen LogP contribution in [-0.4, -0.2) is 20.8 Å². The SMILES string of the molecule is O=C(c1csc(-c2ccco2)n1)N(Cc1ccc(Cl)c(Cl)c1)Cc1ccccn1. The van der Waals surface area contributed by atoms with Crippen LogP contribution in [0.25, 0.3) is 10.8 Å². The van der Waals surface area contributed by atoms with E-state index in [-0.39, 0.29) is 5.91 Å². The van der Waals surface area contributed by atoms with E-state index in [0.717, 1.165) is 11.3 Å². The fraction of sp³-hybridized carbons (Fsp3) is 0.0952. The number of aromatic nitrogens is 2. The molecule has 4 aromatic rings. The predicted octanol–water partition coefficient (Wildman–Crippen LogP) is 5.95. The number of amides is 1. The predicted molar refractivity (Wildman–Crippen MR) is 114 cm³/mol. The Kier molecular flexibility index (Phi) is 5.94. The van der Waals surface area contributed by atoms with Crippen molar-refractivity contribution in [2.24, 2.45) is 0 Å². The highest BCUT2D eigenvalue weighted by Gasteiger charge is 2.21. The van der Waals surface area contributed by atoms with E-state index in [0.29, 0.717) is 39.6 Å². The Morgan fingerprint density at radius 2 is 1.97 bits per heavy atom. The number of carbonyl (C=O) groups is 1. The smallest absolute Gasteiger partial charge is 0.274 e. The molecule has 1 amide bonds. The van der Waals surface area contributed by atoms with Crippen LogP contribution in [0.5, 0.6) is 0 Å². The zero-order valence-electron chi connectivity index (χ0n) is 15.1. The first kappa shape index (κ1) is 19.6. The van der Waals surface area contributed by atoms with Crippen LogP contribution in [0.3, 0.4) is 0 Å². The van der Waals surface area contributed by atoms with Crippen LogP contribution < -0.4 is 0 Å². The lowest BCUT2D eigenvalue weighted by atomic mass is 10.2. The number of benzene rings is 1. The number of carbonyl (C=O) groups excluding carboxylic acids is 1. The van der Waals surface area contributed by atoms with Gasteiger partial charge in [0.15, 0.2) is 10.8 Å². The summed E-state index contributed by atoms with van der Waals surface area (Å²) >= 11 is 13.5. The van der Waals surface area contributed by atoms with Crippen LogP contribution in [0, 0.1) is 0 Å². The highest BCUT2D eigenvalue weighted by Crippen LogP contribution is 2.26. The summed E-state index contributed by atoms with van der Waals surface area (Å²) in [5.74, 6) is 0.436. The van der Waals surface area contributed by atoms with Gasteiger partial charge in [-0.15, -0.1) is 11.3 Å². The second-order valence-corrected chi connectivity index (χ2v) is 7.92. The van der Waals surface area contributed by atoms with Crippen LogP contribution in [-0.2, 0) is 13.1 Å². The van der Waals surface area contributed by atoms with E-state index in [1.54, 1.807) is 40.9 Å². The molecule has 0 spiro atoms. The van der Waals surface area contributed by atoms with Crippen molar-refractivity contribution in [3.05, 3.63) is 93.4 Å². The molecule has 5 nitrogen and oxygen atoms in total. The summed E-state index contributed by atoms with van der Waals surface area (Å²) in [4.78, 5) is 23.7. The van der Waals surface area contributed by atoms with Gasteiger partial charge in [0.05, 0.1) is 28.5 Å². The van der Waals surface area contributed by atoms with Crippen molar-refractivity contribution < 1.29 is 9.21 Å². The lowest BCUT2D eigenvalue weighted by molar-refractivity contribution is 0.0723. The molecule has 4 rings (SSSR count). The van der Waals surface area contributed by atoms with Gasteiger partial charge in [-0.1, -0.05) is 35.3 Å². The van der Waals surface area contributed by atoms with Gasteiger partial charge < -0.3 is 9.32 Å². The van der Waals surface area contributed by atoms with E-state index < -0.39 is 0 Å². The second-order valence-electron chi connectivity index (χ2n) is 6.25. The molecule has 3 aromatic heterocycles. The Morgan fingerprint density at radius 3 is 2.69 bits per heavy atom. The van der Waals surface area contributed by atoms with Gasteiger partial charge in [0.2, 0.25) is 0 Å². The molecule has 29 heavy (non-hydrogen) atoms. The Morgan fingerprint density at radius 1 is 1.07 bits per heavy atom. The van der Waals surface area contributed by atoms with Crippen LogP contribution in [0.15, 0.2) is 70.8 Å². The summed E-state index contributed by atoms with van der Waals surface area (Å²) in [6.45, 7) is 0.688. The van der Waals surface area contributed by atoms with Crippen LogP contribution >= 0.6 is 34.5 Å². The minimum atomic E-state index is -0.198. The number of hydrogen-bond acceptors (Lipinski definition) is 5. The number of halogens is 2. The maximum Gasteiger partial charge on any atom is 0.274 e. The molecule has 0 radical (unpaired) electrons. The van der Waals surface area contributed by atoms with Crippen LogP contribution in [0.4, 0.5) is 0 Å². The molecule has 0 unspecified atom stereocenters. The molecule has 3 heterocycles. The number of hydrogen-bond donors (Lipinski definition) is 0. The lowest BCUT2D eigenvalue weighted by Crippen LogP contribution is -2.30. The van der Waals surface area contributed by atoms with E-state index in [2.05, 4.69) is 9.97 Å². The van der Waals surface area contributed by atoms with Gasteiger partial charge in [-0.3, -0.25) is 9.78 Å². The lowest BCUT2D eigenvalue weighted by Gasteiger charge is -2.22. The summed E-state index contributed by atoms with van der Waals surface area (Å²) in [5.41, 5.74) is 2.00. The quantitative estimate of drug-likeness (QED) is 0.369. The molecular weight excluding hydrogens is 429 g/mol. The maximum atomic E-state index is 13.2. The molecule has 0 aliphatic heterocycles. The van der Waals surface area contributed by atoms with E-state index >= 15 is 0 Å². The van der Waals surface area contributed by atoms with Gasteiger partial charge in [-0.25, -0.2) is 4.98 Å². The fourth-order valence-electron chi connectivity index (χ4n) is 2.79. The first-order valence-electron chi connectivity index (χ1n) is 8.72. The summed E-state index contributed by atoms with van der Waals surface area (Å²) in [5, 5.41) is 3.31. The summed E-state index contributed by atoms with van der Waals surface area (Å²) in [6, 6.07) is 14.5. The molecule has 0 aliphatic rings. The van der Waals surface area contributed by atoms with E-state index in [9.17, 15) is 4.79 Å². The third-order valence-electron chi connectivity index (χ3n) is 4.18. The monoisotopic (exact) mass is 443 g/mol. The zero-order chi connectivity index (χ0) is 20.2. The van der Waals surface area contributed by atoms with Crippen molar-refractivity contribution >= 4 is 40.4 Å².